The summed E-state index contributed by atoms with van der Waals surface area (Å²) in [6.45, 7) is 0. The molecule has 0 aliphatic carbocycles. The molecular weight excluding hydrogens is 667 g/mol. The summed E-state index contributed by atoms with van der Waals surface area (Å²) in [6, 6.07) is 73.1. The summed E-state index contributed by atoms with van der Waals surface area (Å²) in [5, 5.41) is 7.47. The molecule has 0 radical (unpaired) electrons. The summed E-state index contributed by atoms with van der Waals surface area (Å²) >= 11 is 0. The quantitative estimate of drug-likeness (QED) is 0.168. The summed E-state index contributed by atoms with van der Waals surface area (Å²) in [5.41, 5.74) is 10.8. The van der Waals surface area contributed by atoms with Crippen LogP contribution < -0.4 is 4.74 Å². The second kappa shape index (κ2) is 12.6. The van der Waals surface area contributed by atoms with E-state index in [1.165, 1.54) is 82.4 Å². The zero-order valence-corrected chi connectivity index (χ0v) is 30.3. The molecule has 1 aromatic heterocycles. The van der Waals surface area contributed by atoms with Crippen molar-refractivity contribution in [3.05, 3.63) is 222 Å². The van der Waals surface area contributed by atoms with Gasteiger partial charge in [-0.1, -0.05) is 158 Å². The van der Waals surface area contributed by atoms with Gasteiger partial charge in [-0.2, -0.15) is 0 Å². The van der Waals surface area contributed by atoms with Crippen molar-refractivity contribution < 1.29 is 4.74 Å². The lowest BCUT2D eigenvalue weighted by Gasteiger charge is -2.42. The van der Waals surface area contributed by atoms with Crippen LogP contribution in [0.4, 0.5) is 0 Å². The number of nitrogens with zero attached hydrogens (tertiary/aromatic N) is 1. The third-order valence-corrected chi connectivity index (χ3v) is 11.8. The van der Waals surface area contributed by atoms with Crippen LogP contribution in [0.25, 0.3) is 60.2 Å². The normalized spacial score (nSPS) is 13.2. The van der Waals surface area contributed by atoms with Crippen LogP contribution in [0.2, 0.25) is 0 Å². The van der Waals surface area contributed by atoms with E-state index in [1.54, 1.807) is 0 Å². The predicted molar refractivity (Wildman–Crippen MR) is 229 cm³/mol. The summed E-state index contributed by atoms with van der Waals surface area (Å²) in [6.07, 6.45) is 1.65. The van der Waals surface area contributed by atoms with Crippen LogP contribution in [0.3, 0.4) is 0 Å². The standard InChI is InChI=1S/C53H37NO/c1-3-13-36(14-4-1)34-53(51-43-19-9-7-15-39(43)28-31-49(51)55-50-32-29-40-16-8-10-20-44(40)52(50)53)35-37-23-25-38(26-24-37)41-27-30-48-46(33-41)45-21-11-12-22-47(45)54(48)42-17-5-2-6-18-42/h1-33H,34-35H2. The summed E-state index contributed by atoms with van der Waals surface area (Å²) in [4.78, 5) is 0. The SMILES string of the molecule is c1ccc(CC2(Cc3ccc(-c4ccc5c(c4)c4ccccc4n5-c4ccccc4)cc3)c3c(ccc4ccccc34)Oc3ccc4ccccc4c32)cc1. The van der Waals surface area contributed by atoms with E-state index in [1.807, 2.05) is 0 Å². The van der Waals surface area contributed by atoms with E-state index in [-0.39, 0.29) is 0 Å². The average molecular weight is 704 g/mol. The van der Waals surface area contributed by atoms with Crippen LogP contribution in [0.5, 0.6) is 11.5 Å². The topological polar surface area (TPSA) is 14.2 Å². The van der Waals surface area contributed by atoms with Crippen LogP contribution in [-0.2, 0) is 18.3 Å². The molecule has 2 nitrogen and oxygen atoms in total. The highest BCUT2D eigenvalue weighted by molar-refractivity contribution is 6.10. The molecule has 1 aliphatic rings. The molecule has 55 heavy (non-hydrogen) atoms. The van der Waals surface area contributed by atoms with Gasteiger partial charge in [-0.25, -0.2) is 0 Å². The Morgan fingerprint density at radius 2 is 0.891 bits per heavy atom. The van der Waals surface area contributed by atoms with Crippen LogP contribution >= 0.6 is 0 Å². The van der Waals surface area contributed by atoms with Crippen molar-refractivity contribution in [2.24, 2.45) is 0 Å². The Morgan fingerprint density at radius 3 is 1.55 bits per heavy atom. The lowest BCUT2D eigenvalue weighted by atomic mass is 9.63. The molecule has 0 amide bonds. The molecule has 11 rings (SSSR count). The fraction of sp³-hybridized carbons (Fsp3) is 0.0566. The molecule has 0 atom stereocenters. The van der Waals surface area contributed by atoms with E-state index in [4.69, 9.17) is 4.74 Å². The van der Waals surface area contributed by atoms with Gasteiger partial charge in [-0.15, -0.1) is 0 Å². The molecule has 2 heterocycles. The molecule has 0 saturated carbocycles. The van der Waals surface area contributed by atoms with Gasteiger partial charge in [0.05, 0.1) is 11.0 Å². The second-order valence-corrected chi connectivity index (χ2v) is 15.0. The number of aromatic nitrogens is 1. The van der Waals surface area contributed by atoms with Crippen molar-refractivity contribution in [3.8, 4) is 28.3 Å². The maximum Gasteiger partial charge on any atom is 0.132 e. The van der Waals surface area contributed by atoms with Gasteiger partial charge in [0.1, 0.15) is 11.5 Å². The Morgan fingerprint density at radius 1 is 0.382 bits per heavy atom. The minimum Gasteiger partial charge on any atom is -0.457 e. The zero-order chi connectivity index (χ0) is 36.3. The molecule has 1 aliphatic heterocycles. The van der Waals surface area contributed by atoms with Crippen molar-refractivity contribution in [2.45, 2.75) is 18.3 Å². The number of hydrogen-bond donors (Lipinski definition) is 0. The molecule has 9 aromatic carbocycles. The van der Waals surface area contributed by atoms with E-state index in [0.717, 1.165) is 24.3 Å². The van der Waals surface area contributed by atoms with Gasteiger partial charge in [-0.3, -0.25) is 0 Å². The Balaban J connectivity index is 1.08. The first-order valence-electron chi connectivity index (χ1n) is 19.2. The van der Waals surface area contributed by atoms with Gasteiger partial charge in [0, 0.05) is 33.0 Å². The van der Waals surface area contributed by atoms with Crippen LogP contribution in [-0.4, -0.2) is 4.57 Å². The minimum absolute atomic E-state index is 0.411. The molecular formula is C53H37NO. The average Bonchev–Trinajstić information content (AvgIpc) is 3.58. The summed E-state index contributed by atoms with van der Waals surface area (Å²) < 4.78 is 9.27. The summed E-state index contributed by atoms with van der Waals surface area (Å²) in [5.74, 6) is 1.88. The van der Waals surface area contributed by atoms with Gasteiger partial charge in [-0.05, 0) is 99.1 Å². The fourth-order valence-electron chi connectivity index (χ4n) is 9.44. The van der Waals surface area contributed by atoms with Crippen LogP contribution in [0.1, 0.15) is 22.3 Å². The molecule has 0 unspecified atom stereocenters. The molecule has 0 spiro atoms. The third kappa shape index (κ3) is 5.10. The molecule has 0 saturated heterocycles. The second-order valence-electron chi connectivity index (χ2n) is 15.0. The molecule has 0 N–H and O–H groups in total. The van der Waals surface area contributed by atoms with Gasteiger partial charge in [0.15, 0.2) is 0 Å². The molecule has 2 heteroatoms. The van der Waals surface area contributed by atoms with Gasteiger partial charge in [0.25, 0.3) is 0 Å². The highest BCUT2D eigenvalue weighted by atomic mass is 16.5. The maximum absolute atomic E-state index is 6.90. The number of benzene rings is 9. The van der Waals surface area contributed by atoms with Crippen LogP contribution in [0, 0.1) is 0 Å². The summed E-state index contributed by atoms with van der Waals surface area (Å²) in [7, 11) is 0. The first kappa shape index (κ1) is 31.6. The first-order valence-corrected chi connectivity index (χ1v) is 19.2. The number of ether oxygens (including phenoxy) is 1. The smallest absolute Gasteiger partial charge is 0.132 e. The number of rotatable bonds is 6. The van der Waals surface area contributed by atoms with E-state index in [0.29, 0.717) is 0 Å². The molecule has 10 aromatic rings. The van der Waals surface area contributed by atoms with Gasteiger partial charge < -0.3 is 9.30 Å². The van der Waals surface area contributed by atoms with Gasteiger partial charge in [0.2, 0.25) is 0 Å². The van der Waals surface area contributed by atoms with Crippen molar-refractivity contribution in [1.82, 2.24) is 4.57 Å². The van der Waals surface area contributed by atoms with E-state index < -0.39 is 5.41 Å². The molecule has 0 fully saturated rings. The van der Waals surface area contributed by atoms with Crippen molar-refractivity contribution >= 4 is 43.4 Å². The van der Waals surface area contributed by atoms with E-state index in [2.05, 4.69) is 205 Å². The van der Waals surface area contributed by atoms with Gasteiger partial charge >= 0.3 is 0 Å². The Hall–Kier alpha value is -6.90. The Kier molecular flexibility index (Phi) is 7.25. The maximum atomic E-state index is 6.90. The molecule has 260 valence electrons. The molecule has 0 bridgehead atoms. The first-order chi connectivity index (χ1) is 27.2. The lowest BCUT2D eigenvalue weighted by Crippen LogP contribution is -2.37. The minimum atomic E-state index is -0.411. The number of para-hydroxylation sites is 2. The highest BCUT2D eigenvalue weighted by Gasteiger charge is 2.44. The number of fused-ring (bicyclic) bond motifs is 9. The van der Waals surface area contributed by atoms with Crippen molar-refractivity contribution in [3.63, 3.8) is 0 Å². The van der Waals surface area contributed by atoms with Crippen molar-refractivity contribution in [2.75, 3.05) is 0 Å². The Bertz CT molecular complexity index is 2960. The van der Waals surface area contributed by atoms with Crippen molar-refractivity contribution in [1.29, 1.82) is 0 Å². The van der Waals surface area contributed by atoms with E-state index >= 15 is 0 Å². The lowest BCUT2D eigenvalue weighted by molar-refractivity contribution is 0.391. The zero-order valence-electron chi connectivity index (χ0n) is 30.3. The predicted octanol–water partition coefficient (Wildman–Crippen LogP) is 13.6. The fourth-order valence-corrected chi connectivity index (χ4v) is 9.44. The third-order valence-electron chi connectivity index (χ3n) is 11.8. The highest BCUT2D eigenvalue weighted by Crippen LogP contribution is 2.56. The monoisotopic (exact) mass is 703 g/mol. The largest absolute Gasteiger partial charge is 0.457 e. The number of hydrogen-bond acceptors (Lipinski definition) is 1. The van der Waals surface area contributed by atoms with E-state index in [9.17, 15) is 0 Å². The van der Waals surface area contributed by atoms with Crippen LogP contribution in [0.15, 0.2) is 200 Å². The Labute approximate surface area is 320 Å².